The fourth-order valence-corrected chi connectivity index (χ4v) is 2.47. The van der Waals surface area contributed by atoms with E-state index in [1.807, 2.05) is 18.2 Å². The van der Waals surface area contributed by atoms with Crippen LogP contribution in [0.5, 0.6) is 0 Å². The van der Waals surface area contributed by atoms with E-state index in [-0.39, 0.29) is 24.2 Å². The van der Waals surface area contributed by atoms with Gasteiger partial charge in [0.2, 0.25) is 11.8 Å². The van der Waals surface area contributed by atoms with Crippen molar-refractivity contribution in [3.05, 3.63) is 28.2 Å². The molecule has 2 amide bonds. The van der Waals surface area contributed by atoms with Crippen molar-refractivity contribution in [3.63, 3.8) is 0 Å². The molecule has 1 saturated heterocycles. The molecule has 0 aromatic heterocycles. The van der Waals surface area contributed by atoms with Crippen molar-refractivity contribution in [2.24, 2.45) is 5.92 Å². The Morgan fingerprint density at radius 3 is 3.00 bits per heavy atom. The van der Waals surface area contributed by atoms with Crippen LogP contribution in [0, 0.1) is 5.92 Å². The number of benzene rings is 1. The van der Waals surface area contributed by atoms with E-state index in [9.17, 15) is 9.59 Å². The Morgan fingerprint density at radius 2 is 2.37 bits per heavy atom. The van der Waals surface area contributed by atoms with Crippen LogP contribution in [-0.2, 0) is 20.9 Å². The van der Waals surface area contributed by atoms with E-state index in [0.717, 1.165) is 10.0 Å². The largest absolute Gasteiger partial charge is 0.380 e. The Balaban J connectivity index is 2.12. The van der Waals surface area contributed by atoms with Gasteiger partial charge < -0.3 is 15.4 Å². The van der Waals surface area contributed by atoms with E-state index >= 15 is 0 Å². The first kappa shape index (κ1) is 14.0. The number of halogens is 1. The van der Waals surface area contributed by atoms with Crippen LogP contribution >= 0.6 is 15.9 Å². The molecule has 102 valence electrons. The van der Waals surface area contributed by atoms with Crippen molar-refractivity contribution < 1.29 is 14.3 Å². The van der Waals surface area contributed by atoms with Crippen LogP contribution in [0.1, 0.15) is 12.0 Å². The van der Waals surface area contributed by atoms with Gasteiger partial charge in [-0.3, -0.25) is 9.59 Å². The standard InChI is InChI=1S/C13H15BrN2O3/c1-19-7-9-10(14)3-2-4-11(9)16-13(18)8-5-12(17)15-6-8/h2-4,8H,5-7H2,1H3,(H,15,17)(H,16,18). The van der Waals surface area contributed by atoms with E-state index in [2.05, 4.69) is 26.6 Å². The topological polar surface area (TPSA) is 67.4 Å². The Labute approximate surface area is 119 Å². The zero-order chi connectivity index (χ0) is 13.8. The van der Waals surface area contributed by atoms with Gasteiger partial charge in [-0.1, -0.05) is 22.0 Å². The van der Waals surface area contributed by atoms with Crippen LogP contribution in [0.15, 0.2) is 22.7 Å². The number of rotatable bonds is 4. The number of carbonyl (C=O) groups is 2. The lowest BCUT2D eigenvalue weighted by Gasteiger charge is -2.14. The number of methoxy groups -OCH3 is 1. The van der Waals surface area contributed by atoms with Gasteiger partial charge in [-0.25, -0.2) is 0 Å². The number of hydrogen-bond acceptors (Lipinski definition) is 3. The zero-order valence-corrected chi connectivity index (χ0v) is 12.1. The predicted octanol–water partition coefficient (Wildman–Crippen LogP) is 1.67. The predicted molar refractivity (Wildman–Crippen MR) is 74.6 cm³/mol. The van der Waals surface area contributed by atoms with Crippen molar-refractivity contribution in [2.45, 2.75) is 13.0 Å². The van der Waals surface area contributed by atoms with Gasteiger partial charge in [0.1, 0.15) is 0 Å². The summed E-state index contributed by atoms with van der Waals surface area (Å²) < 4.78 is 6.01. The van der Waals surface area contributed by atoms with Crippen LogP contribution in [-0.4, -0.2) is 25.5 Å². The lowest BCUT2D eigenvalue weighted by atomic mass is 10.1. The highest BCUT2D eigenvalue weighted by atomic mass is 79.9. The van der Waals surface area contributed by atoms with Gasteiger partial charge in [0.25, 0.3) is 0 Å². The van der Waals surface area contributed by atoms with E-state index in [0.29, 0.717) is 18.8 Å². The quantitative estimate of drug-likeness (QED) is 0.884. The van der Waals surface area contributed by atoms with Gasteiger partial charge in [-0.2, -0.15) is 0 Å². The number of ether oxygens (including phenoxy) is 1. The minimum atomic E-state index is -0.304. The molecule has 2 N–H and O–H groups in total. The smallest absolute Gasteiger partial charge is 0.229 e. The van der Waals surface area contributed by atoms with Gasteiger partial charge >= 0.3 is 0 Å². The number of carbonyl (C=O) groups excluding carboxylic acids is 2. The molecule has 1 heterocycles. The van der Waals surface area contributed by atoms with Gasteiger partial charge in [-0.05, 0) is 12.1 Å². The first-order valence-electron chi connectivity index (χ1n) is 5.95. The molecule has 0 radical (unpaired) electrons. The molecule has 1 atom stereocenters. The van der Waals surface area contributed by atoms with Crippen LogP contribution in [0.25, 0.3) is 0 Å². The minimum Gasteiger partial charge on any atom is -0.380 e. The third-order valence-electron chi connectivity index (χ3n) is 3.01. The minimum absolute atomic E-state index is 0.0773. The molecular formula is C13H15BrN2O3. The summed E-state index contributed by atoms with van der Waals surface area (Å²) in [4.78, 5) is 23.2. The maximum absolute atomic E-state index is 12.1. The molecule has 0 saturated carbocycles. The molecule has 5 nitrogen and oxygen atoms in total. The monoisotopic (exact) mass is 326 g/mol. The maximum atomic E-state index is 12.1. The van der Waals surface area contributed by atoms with E-state index < -0.39 is 0 Å². The Bertz CT molecular complexity index is 505. The van der Waals surface area contributed by atoms with Crippen LogP contribution in [0.4, 0.5) is 5.69 Å². The van der Waals surface area contributed by atoms with Crippen molar-refractivity contribution in [3.8, 4) is 0 Å². The molecule has 1 aromatic carbocycles. The summed E-state index contributed by atoms with van der Waals surface area (Å²) in [6.45, 7) is 0.803. The van der Waals surface area contributed by atoms with Gasteiger partial charge in [0.15, 0.2) is 0 Å². The van der Waals surface area contributed by atoms with Crippen molar-refractivity contribution >= 4 is 33.4 Å². The molecule has 0 spiro atoms. The fourth-order valence-electron chi connectivity index (χ4n) is 1.99. The van der Waals surface area contributed by atoms with Crippen LogP contribution in [0.3, 0.4) is 0 Å². The summed E-state index contributed by atoms with van der Waals surface area (Å²) >= 11 is 3.43. The Kier molecular flexibility index (Phi) is 4.55. The lowest BCUT2D eigenvalue weighted by molar-refractivity contribution is -0.123. The second kappa shape index (κ2) is 6.16. The first-order valence-corrected chi connectivity index (χ1v) is 6.75. The first-order chi connectivity index (χ1) is 9.11. The summed E-state index contributed by atoms with van der Waals surface area (Å²) in [5, 5.41) is 5.51. The fraction of sp³-hybridized carbons (Fsp3) is 0.385. The number of anilines is 1. The highest BCUT2D eigenvalue weighted by Crippen LogP contribution is 2.26. The SMILES string of the molecule is COCc1c(Br)cccc1NC(=O)C1CNC(=O)C1. The molecule has 1 aliphatic rings. The molecule has 2 rings (SSSR count). The molecule has 1 aliphatic heterocycles. The van der Waals surface area contributed by atoms with E-state index in [1.165, 1.54) is 0 Å². The summed E-state index contributed by atoms with van der Waals surface area (Å²) in [7, 11) is 1.60. The number of nitrogens with one attached hydrogen (secondary N) is 2. The highest BCUT2D eigenvalue weighted by Gasteiger charge is 2.28. The third-order valence-corrected chi connectivity index (χ3v) is 3.76. The van der Waals surface area contributed by atoms with Gasteiger partial charge in [0.05, 0.1) is 12.5 Å². The lowest BCUT2D eigenvalue weighted by Crippen LogP contribution is -2.25. The Morgan fingerprint density at radius 1 is 1.58 bits per heavy atom. The summed E-state index contributed by atoms with van der Waals surface area (Å²) in [6, 6.07) is 5.56. The van der Waals surface area contributed by atoms with Crippen molar-refractivity contribution in [1.82, 2.24) is 5.32 Å². The average Bonchev–Trinajstić information content (AvgIpc) is 2.80. The molecule has 1 fully saturated rings. The molecule has 1 unspecified atom stereocenters. The van der Waals surface area contributed by atoms with E-state index in [4.69, 9.17) is 4.74 Å². The molecular weight excluding hydrogens is 312 g/mol. The molecule has 1 aromatic rings. The van der Waals surface area contributed by atoms with Crippen molar-refractivity contribution in [1.29, 1.82) is 0 Å². The van der Waals surface area contributed by atoms with Crippen LogP contribution in [0.2, 0.25) is 0 Å². The van der Waals surface area contributed by atoms with Gasteiger partial charge in [0, 0.05) is 35.8 Å². The molecule has 0 bridgehead atoms. The average molecular weight is 327 g/mol. The van der Waals surface area contributed by atoms with E-state index in [1.54, 1.807) is 7.11 Å². The third kappa shape index (κ3) is 3.33. The van der Waals surface area contributed by atoms with Crippen molar-refractivity contribution in [2.75, 3.05) is 19.0 Å². The summed E-state index contributed by atoms with van der Waals surface area (Å²) in [6.07, 6.45) is 0.249. The number of amides is 2. The normalized spacial score (nSPS) is 18.2. The van der Waals surface area contributed by atoms with Gasteiger partial charge in [-0.15, -0.1) is 0 Å². The summed E-state index contributed by atoms with van der Waals surface area (Å²) in [5.74, 6) is -0.526. The second-order valence-corrected chi connectivity index (χ2v) is 5.25. The zero-order valence-electron chi connectivity index (χ0n) is 10.5. The Hall–Kier alpha value is -1.40. The maximum Gasteiger partial charge on any atom is 0.229 e. The highest BCUT2D eigenvalue weighted by molar-refractivity contribution is 9.10. The molecule has 0 aliphatic carbocycles. The summed E-state index contributed by atoms with van der Waals surface area (Å²) in [5.41, 5.74) is 1.59. The molecule has 19 heavy (non-hydrogen) atoms. The number of hydrogen-bond donors (Lipinski definition) is 2. The molecule has 6 heteroatoms. The van der Waals surface area contributed by atoms with Crippen LogP contribution < -0.4 is 10.6 Å². The second-order valence-electron chi connectivity index (χ2n) is 4.39.